The van der Waals surface area contributed by atoms with Gasteiger partial charge in [-0.05, 0) is 18.8 Å². The number of nitrogens with zero attached hydrogens (tertiary/aromatic N) is 1. The van der Waals surface area contributed by atoms with Gasteiger partial charge in [-0.15, -0.1) is 5.06 Å². The minimum Gasteiger partial charge on any atom is -0.368 e. The third kappa shape index (κ3) is 4.09. The van der Waals surface area contributed by atoms with Gasteiger partial charge in [0.05, 0.1) is 0 Å². The second-order valence-corrected chi connectivity index (χ2v) is 4.17. The molecule has 0 aromatic carbocycles. The molecule has 1 aliphatic rings. The lowest BCUT2D eigenvalue weighted by Crippen LogP contribution is -2.32. The van der Waals surface area contributed by atoms with Crippen LogP contribution in [0.4, 0.5) is 0 Å². The average molecular weight is 199 g/mol. The van der Waals surface area contributed by atoms with Gasteiger partial charge in [-0.25, -0.2) is 0 Å². The molecule has 1 atom stereocenters. The summed E-state index contributed by atoms with van der Waals surface area (Å²) in [4.78, 5) is 16.7. The topological polar surface area (TPSA) is 29.5 Å². The standard InChI is InChI=1S/C11H21NO2/c1-3-10(2)9-11(13)14-12-7-5-4-6-8-12/h10H,3-9H2,1-2H3. The van der Waals surface area contributed by atoms with E-state index in [0.717, 1.165) is 32.4 Å². The summed E-state index contributed by atoms with van der Waals surface area (Å²) in [6.45, 7) is 5.99. The van der Waals surface area contributed by atoms with Crippen LogP contribution >= 0.6 is 0 Å². The summed E-state index contributed by atoms with van der Waals surface area (Å²) in [6.07, 6.45) is 5.15. The molecule has 1 unspecified atom stereocenters. The number of hydrogen-bond acceptors (Lipinski definition) is 3. The van der Waals surface area contributed by atoms with E-state index in [0.29, 0.717) is 12.3 Å². The number of rotatable bonds is 4. The number of carbonyl (C=O) groups is 1. The fraction of sp³-hybridized carbons (Fsp3) is 0.909. The zero-order valence-electron chi connectivity index (χ0n) is 9.29. The Kier molecular flexibility index (Phi) is 4.94. The maximum absolute atomic E-state index is 11.4. The molecule has 82 valence electrons. The van der Waals surface area contributed by atoms with E-state index in [-0.39, 0.29) is 5.97 Å². The van der Waals surface area contributed by atoms with Gasteiger partial charge in [-0.1, -0.05) is 26.7 Å². The van der Waals surface area contributed by atoms with Gasteiger partial charge in [0.15, 0.2) is 0 Å². The maximum Gasteiger partial charge on any atom is 0.325 e. The molecular weight excluding hydrogens is 178 g/mol. The molecule has 1 aliphatic heterocycles. The Morgan fingerprint density at radius 3 is 2.57 bits per heavy atom. The SMILES string of the molecule is CCC(C)CC(=O)ON1CCCCC1. The third-order valence-corrected chi connectivity index (χ3v) is 2.76. The van der Waals surface area contributed by atoms with Crippen molar-refractivity contribution in [2.75, 3.05) is 13.1 Å². The van der Waals surface area contributed by atoms with E-state index >= 15 is 0 Å². The summed E-state index contributed by atoms with van der Waals surface area (Å²) in [5.41, 5.74) is 0. The molecule has 1 fully saturated rings. The normalized spacial score (nSPS) is 20.4. The van der Waals surface area contributed by atoms with Crippen LogP contribution in [0.3, 0.4) is 0 Å². The summed E-state index contributed by atoms with van der Waals surface area (Å²) in [5.74, 6) is 0.369. The van der Waals surface area contributed by atoms with Crippen LogP contribution in [0.1, 0.15) is 46.0 Å². The largest absolute Gasteiger partial charge is 0.368 e. The van der Waals surface area contributed by atoms with Crippen LogP contribution in [0, 0.1) is 5.92 Å². The Labute approximate surface area is 86.4 Å². The first-order chi connectivity index (χ1) is 6.72. The van der Waals surface area contributed by atoms with E-state index < -0.39 is 0 Å². The number of carbonyl (C=O) groups excluding carboxylic acids is 1. The highest BCUT2D eigenvalue weighted by molar-refractivity contribution is 5.69. The molecule has 0 amide bonds. The molecule has 1 saturated heterocycles. The van der Waals surface area contributed by atoms with Gasteiger partial charge in [-0.2, -0.15) is 0 Å². The van der Waals surface area contributed by atoms with Crippen molar-refractivity contribution in [3.8, 4) is 0 Å². The molecule has 14 heavy (non-hydrogen) atoms. The van der Waals surface area contributed by atoms with Crippen molar-refractivity contribution >= 4 is 5.97 Å². The molecule has 0 bridgehead atoms. The lowest BCUT2D eigenvalue weighted by molar-refractivity contribution is -0.195. The van der Waals surface area contributed by atoms with E-state index in [1.807, 2.05) is 5.06 Å². The van der Waals surface area contributed by atoms with Gasteiger partial charge >= 0.3 is 5.97 Å². The third-order valence-electron chi connectivity index (χ3n) is 2.76. The molecule has 0 saturated carbocycles. The second kappa shape index (κ2) is 6.02. The van der Waals surface area contributed by atoms with Gasteiger partial charge in [0, 0.05) is 19.5 Å². The molecular formula is C11H21NO2. The highest BCUT2D eigenvalue weighted by Gasteiger charge is 2.16. The fourth-order valence-electron chi connectivity index (χ4n) is 1.57. The molecule has 0 radical (unpaired) electrons. The van der Waals surface area contributed by atoms with Crippen molar-refractivity contribution in [2.24, 2.45) is 5.92 Å². The quantitative estimate of drug-likeness (QED) is 0.696. The number of piperidine rings is 1. The first-order valence-electron chi connectivity index (χ1n) is 5.68. The summed E-state index contributed by atoms with van der Waals surface area (Å²) < 4.78 is 0. The van der Waals surface area contributed by atoms with E-state index in [1.54, 1.807) is 0 Å². The van der Waals surface area contributed by atoms with Crippen molar-refractivity contribution < 1.29 is 9.63 Å². The van der Waals surface area contributed by atoms with Crippen molar-refractivity contribution in [1.82, 2.24) is 5.06 Å². The zero-order chi connectivity index (χ0) is 10.4. The van der Waals surface area contributed by atoms with E-state index in [1.165, 1.54) is 6.42 Å². The van der Waals surface area contributed by atoms with Crippen LogP contribution in [-0.4, -0.2) is 24.1 Å². The first-order valence-corrected chi connectivity index (χ1v) is 5.68. The lowest BCUT2D eigenvalue weighted by Gasteiger charge is -2.25. The van der Waals surface area contributed by atoms with Crippen LogP contribution in [0.5, 0.6) is 0 Å². The minimum atomic E-state index is -0.0683. The molecule has 0 aromatic rings. The van der Waals surface area contributed by atoms with Crippen LogP contribution in [0.15, 0.2) is 0 Å². The summed E-state index contributed by atoms with van der Waals surface area (Å²) >= 11 is 0. The molecule has 0 spiro atoms. The molecule has 3 heteroatoms. The van der Waals surface area contributed by atoms with E-state index in [2.05, 4.69) is 13.8 Å². The predicted octanol–water partition coefficient (Wildman–Crippen LogP) is 2.37. The van der Waals surface area contributed by atoms with Gasteiger partial charge in [0.1, 0.15) is 0 Å². The van der Waals surface area contributed by atoms with Crippen molar-refractivity contribution in [1.29, 1.82) is 0 Å². The molecule has 0 aromatic heterocycles. The highest BCUT2D eigenvalue weighted by atomic mass is 16.7. The van der Waals surface area contributed by atoms with Crippen molar-refractivity contribution in [3.05, 3.63) is 0 Å². The average Bonchev–Trinajstić information content (AvgIpc) is 2.19. The van der Waals surface area contributed by atoms with Crippen LogP contribution < -0.4 is 0 Å². The van der Waals surface area contributed by atoms with Crippen molar-refractivity contribution in [2.45, 2.75) is 46.0 Å². The summed E-state index contributed by atoms with van der Waals surface area (Å²) in [6, 6.07) is 0. The molecule has 0 N–H and O–H groups in total. The second-order valence-electron chi connectivity index (χ2n) is 4.17. The Balaban J connectivity index is 2.18. The van der Waals surface area contributed by atoms with Crippen molar-refractivity contribution in [3.63, 3.8) is 0 Å². The lowest BCUT2D eigenvalue weighted by atomic mass is 10.1. The Bertz CT molecular complexity index is 176. The highest BCUT2D eigenvalue weighted by Crippen LogP contribution is 2.12. The molecule has 3 nitrogen and oxygen atoms in total. The van der Waals surface area contributed by atoms with E-state index in [4.69, 9.17) is 4.84 Å². The Morgan fingerprint density at radius 2 is 2.00 bits per heavy atom. The van der Waals surface area contributed by atoms with Crippen LogP contribution in [0.25, 0.3) is 0 Å². The molecule has 1 rings (SSSR count). The van der Waals surface area contributed by atoms with Gasteiger partial charge in [0.25, 0.3) is 0 Å². The smallest absolute Gasteiger partial charge is 0.325 e. The fourth-order valence-corrected chi connectivity index (χ4v) is 1.57. The van der Waals surface area contributed by atoms with Gasteiger partial charge in [0.2, 0.25) is 0 Å². The molecule has 1 heterocycles. The zero-order valence-corrected chi connectivity index (χ0v) is 9.29. The predicted molar refractivity (Wildman–Crippen MR) is 55.6 cm³/mol. The summed E-state index contributed by atoms with van der Waals surface area (Å²) in [7, 11) is 0. The van der Waals surface area contributed by atoms with Crippen LogP contribution in [-0.2, 0) is 9.63 Å². The van der Waals surface area contributed by atoms with Gasteiger partial charge < -0.3 is 4.84 Å². The Morgan fingerprint density at radius 1 is 1.36 bits per heavy atom. The first kappa shape index (κ1) is 11.5. The van der Waals surface area contributed by atoms with Gasteiger partial charge in [-0.3, -0.25) is 4.79 Å². The Hall–Kier alpha value is -0.570. The van der Waals surface area contributed by atoms with E-state index in [9.17, 15) is 4.79 Å². The molecule has 0 aliphatic carbocycles. The van der Waals surface area contributed by atoms with Crippen LogP contribution in [0.2, 0.25) is 0 Å². The summed E-state index contributed by atoms with van der Waals surface area (Å²) in [5, 5.41) is 1.81. The monoisotopic (exact) mass is 199 g/mol. The minimum absolute atomic E-state index is 0.0683. The number of hydroxylamine groups is 2. The maximum atomic E-state index is 11.4. The number of hydrogen-bond donors (Lipinski definition) is 0.